The van der Waals surface area contributed by atoms with Gasteiger partial charge in [0, 0.05) is 24.2 Å². The standard InChI is InChI=1S/C16H20N2O4/c1-10-5-4-6-12-11(8-17-14(10)12)7-13(19)18-16(2,9-22-3)15(20)21/h4-6,8,17H,7,9H2,1-3H3,(H,18,19)(H,20,21). The second-order valence-electron chi connectivity index (χ2n) is 5.61. The number of amides is 1. The Morgan fingerprint density at radius 2 is 2.14 bits per heavy atom. The van der Waals surface area contributed by atoms with Crippen molar-refractivity contribution < 1.29 is 19.4 Å². The van der Waals surface area contributed by atoms with Crippen LogP contribution in [-0.4, -0.2) is 41.2 Å². The number of fused-ring (bicyclic) bond motifs is 1. The number of carboxylic acid groups (broad SMARTS) is 1. The minimum atomic E-state index is -1.44. The topological polar surface area (TPSA) is 91.4 Å². The summed E-state index contributed by atoms with van der Waals surface area (Å²) in [6, 6.07) is 5.86. The second-order valence-corrected chi connectivity index (χ2v) is 5.61. The van der Waals surface area contributed by atoms with Crippen molar-refractivity contribution >= 4 is 22.8 Å². The molecule has 6 heteroatoms. The smallest absolute Gasteiger partial charge is 0.331 e. The fourth-order valence-corrected chi connectivity index (χ4v) is 2.48. The number of aryl methyl sites for hydroxylation is 1. The van der Waals surface area contributed by atoms with Crippen LogP contribution in [0.5, 0.6) is 0 Å². The number of hydrogen-bond acceptors (Lipinski definition) is 3. The third kappa shape index (κ3) is 3.12. The van der Waals surface area contributed by atoms with Gasteiger partial charge in [0.05, 0.1) is 13.0 Å². The minimum absolute atomic E-state index is 0.0962. The molecule has 22 heavy (non-hydrogen) atoms. The number of H-pyrrole nitrogens is 1. The molecule has 0 saturated carbocycles. The fraction of sp³-hybridized carbons (Fsp3) is 0.375. The number of nitrogens with one attached hydrogen (secondary N) is 2. The van der Waals surface area contributed by atoms with E-state index in [0.717, 1.165) is 22.0 Å². The third-order valence-corrected chi connectivity index (χ3v) is 3.68. The lowest BCUT2D eigenvalue weighted by Crippen LogP contribution is -2.55. The molecule has 1 amide bonds. The zero-order valence-electron chi connectivity index (χ0n) is 12.9. The maximum atomic E-state index is 12.2. The van der Waals surface area contributed by atoms with Crippen LogP contribution in [0.25, 0.3) is 10.9 Å². The van der Waals surface area contributed by atoms with Crippen molar-refractivity contribution in [2.75, 3.05) is 13.7 Å². The number of benzene rings is 1. The summed E-state index contributed by atoms with van der Waals surface area (Å²) in [6.07, 6.45) is 1.89. The van der Waals surface area contributed by atoms with Crippen molar-refractivity contribution in [3.05, 3.63) is 35.5 Å². The Morgan fingerprint density at radius 1 is 1.41 bits per heavy atom. The van der Waals surface area contributed by atoms with Gasteiger partial charge in [-0.1, -0.05) is 18.2 Å². The number of methoxy groups -OCH3 is 1. The van der Waals surface area contributed by atoms with E-state index >= 15 is 0 Å². The normalized spacial score (nSPS) is 13.8. The van der Waals surface area contributed by atoms with Crippen LogP contribution < -0.4 is 5.32 Å². The summed E-state index contributed by atoms with van der Waals surface area (Å²) < 4.78 is 4.89. The van der Waals surface area contributed by atoms with Gasteiger partial charge in [-0.3, -0.25) is 4.79 Å². The fourth-order valence-electron chi connectivity index (χ4n) is 2.48. The highest BCUT2D eigenvalue weighted by molar-refractivity contribution is 5.92. The van der Waals surface area contributed by atoms with Crippen LogP contribution in [0, 0.1) is 6.92 Å². The van der Waals surface area contributed by atoms with Crippen LogP contribution in [-0.2, 0) is 20.7 Å². The molecule has 0 saturated heterocycles. The van der Waals surface area contributed by atoms with Crippen molar-refractivity contribution in [2.45, 2.75) is 25.8 Å². The lowest BCUT2D eigenvalue weighted by molar-refractivity contribution is -0.149. The molecule has 1 unspecified atom stereocenters. The van der Waals surface area contributed by atoms with Crippen molar-refractivity contribution in [3.8, 4) is 0 Å². The molecule has 0 fully saturated rings. The maximum absolute atomic E-state index is 12.2. The van der Waals surface area contributed by atoms with Crippen LogP contribution in [0.2, 0.25) is 0 Å². The Morgan fingerprint density at radius 3 is 2.77 bits per heavy atom. The first kappa shape index (κ1) is 16.0. The number of rotatable bonds is 6. The highest BCUT2D eigenvalue weighted by Crippen LogP contribution is 2.21. The minimum Gasteiger partial charge on any atom is -0.479 e. The predicted molar refractivity (Wildman–Crippen MR) is 82.8 cm³/mol. The van der Waals surface area contributed by atoms with E-state index in [1.54, 1.807) is 6.20 Å². The molecule has 2 aromatic rings. The number of carbonyl (C=O) groups is 2. The van der Waals surface area contributed by atoms with Gasteiger partial charge in [-0.05, 0) is 25.0 Å². The highest BCUT2D eigenvalue weighted by Gasteiger charge is 2.35. The van der Waals surface area contributed by atoms with Gasteiger partial charge < -0.3 is 20.1 Å². The summed E-state index contributed by atoms with van der Waals surface area (Å²) in [5.74, 6) is -1.48. The Balaban J connectivity index is 2.17. The molecule has 1 atom stereocenters. The molecule has 0 spiro atoms. The van der Waals surface area contributed by atoms with Crippen LogP contribution in [0.15, 0.2) is 24.4 Å². The van der Waals surface area contributed by atoms with E-state index in [1.165, 1.54) is 14.0 Å². The zero-order valence-corrected chi connectivity index (χ0v) is 12.9. The van der Waals surface area contributed by atoms with Gasteiger partial charge >= 0.3 is 5.97 Å². The molecule has 0 aliphatic heterocycles. The average Bonchev–Trinajstić information content (AvgIpc) is 2.83. The van der Waals surface area contributed by atoms with Crippen molar-refractivity contribution in [3.63, 3.8) is 0 Å². The number of ether oxygens (including phenoxy) is 1. The van der Waals surface area contributed by atoms with Gasteiger partial charge in [0.2, 0.25) is 5.91 Å². The summed E-state index contributed by atoms with van der Waals surface area (Å²) in [5, 5.41) is 12.8. The van der Waals surface area contributed by atoms with Crippen LogP contribution in [0.1, 0.15) is 18.1 Å². The summed E-state index contributed by atoms with van der Waals surface area (Å²) >= 11 is 0. The summed E-state index contributed by atoms with van der Waals surface area (Å²) in [5.41, 5.74) is 1.48. The van der Waals surface area contributed by atoms with E-state index in [4.69, 9.17) is 4.74 Å². The first-order valence-electron chi connectivity index (χ1n) is 6.96. The first-order chi connectivity index (χ1) is 10.4. The SMILES string of the molecule is COCC(C)(NC(=O)Cc1c[nH]c2c(C)cccc12)C(=O)O. The van der Waals surface area contributed by atoms with Gasteiger partial charge in [-0.25, -0.2) is 4.79 Å². The van der Waals surface area contributed by atoms with Gasteiger partial charge in [0.25, 0.3) is 0 Å². The van der Waals surface area contributed by atoms with E-state index in [2.05, 4.69) is 10.3 Å². The molecule has 1 aromatic heterocycles. The van der Waals surface area contributed by atoms with Gasteiger partial charge in [0.1, 0.15) is 0 Å². The molecule has 1 aromatic carbocycles. The van der Waals surface area contributed by atoms with Gasteiger partial charge in [0.15, 0.2) is 5.54 Å². The maximum Gasteiger partial charge on any atom is 0.331 e. The molecule has 0 aliphatic rings. The lowest BCUT2D eigenvalue weighted by Gasteiger charge is -2.25. The number of hydrogen-bond donors (Lipinski definition) is 3. The highest BCUT2D eigenvalue weighted by atomic mass is 16.5. The van der Waals surface area contributed by atoms with Gasteiger partial charge in [-0.2, -0.15) is 0 Å². The average molecular weight is 304 g/mol. The summed E-state index contributed by atoms with van der Waals surface area (Å²) in [6.45, 7) is 3.32. The largest absolute Gasteiger partial charge is 0.479 e. The van der Waals surface area contributed by atoms with Crippen LogP contribution >= 0.6 is 0 Å². The Kier molecular flexibility index (Phi) is 4.51. The molecular weight excluding hydrogens is 284 g/mol. The molecule has 0 radical (unpaired) electrons. The zero-order chi connectivity index (χ0) is 16.3. The number of aliphatic carboxylic acids is 1. The number of carbonyl (C=O) groups excluding carboxylic acids is 1. The third-order valence-electron chi connectivity index (χ3n) is 3.68. The molecule has 1 heterocycles. The quantitative estimate of drug-likeness (QED) is 0.756. The van der Waals surface area contributed by atoms with E-state index in [0.29, 0.717) is 0 Å². The monoisotopic (exact) mass is 304 g/mol. The number of para-hydroxylation sites is 1. The summed E-state index contributed by atoms with van der Waals surface area (Å²) in [4.78, 5) is 26.6. The first-order valence-corrected chi connectivity index (χ1v) is 6.96. The van der Waals surface area contributed by atoms with Gasteiger partial charge in [-0.15, -0.1) is 0 Å². The Hall–Kier alpha value is -2.34. The Bertz CT molecular complexity index is 707. The van der Waals surface area contributed by atoms with E-state index < -0.39 is 11.5 Å². The second kappa shape index (κ2) is 6.19. The number of aromatic nitrogens is 1. The van der Waals surface area contributed by atoms with E-state index in [9.17, 15) is 14.7 Å². The van der Waals surface area contributed by atoms with E-state index in [1.807, 2.05) is 25.1 Å². The van der Waals surface area contributed by atoms with E-state index in [-0.39, 0.29) is 18.9 Å². The molecule has 2 rings (SSSR count). The van der Waals surface area contributed by atoms with Crippen LogP contribution in [0.3, 0.4) is 0 Å². The molecule has 0 bridgehead atoms. The van der Waals surface area contributed by atoms with Crippen molar-refractivity contribution in [1.29, 1.82) is 0 Å². The molecular formula is C16H20N2O4. The number of aromatic amines is 1. The lowest BCUT2D eigenvalue weighted by atomic mass is 10.0. The predicted octanol–water partition coefficient (Wildman–Crippen LogP) is 1.62. The molecule has 3 N–H and O–H groups in total. The Labute approximate surface area is 128 Å². The van der Waals surface area contributed by atoms with Crippen LogP contribution in [0.4, 0.5) is 0 Å². The van der Waals surface area contributed by atoms with Crippen molar-refractivity contribution in [1.82, 2.24) is 10.3 Å². The molecule has 0 aliphatic carbocycles. The molecule has 118 valence electrons. The van der Waals surface area contributed by atoms with Crippen molar-refractivity contribution in [2.24, 2.45) is 0 Å². The number of carboxylic acids is 1. The molecule has 6 nitrogen and oxygen atoms in total. The summed E-state index contributed by atoms with van der Waals surface area (Å²) in [7, 11) is 1.40.